The van der Waals surface area contributed by atoms with Gasteiger partial charge in [-0.15, -0.1) is 0 Å². The van der Waals surface area contributed by atoms with E-state index < -0.39 is 18.2 Å². The zero-order valence-electron chi connectivity index (χ0n) is 8.76. The van der Waals surface area contributed by atoms with Gasteiger partial charge in [0.1, 0.15) is 0 Å². The second-order valence-corrected chi connectivity index (χ2v) is 4.16. The highest BCUT2D eigenvalue weighted by atomic mass is 19.4. The van der Waals surface area contributed by atoms with E-state index in [-0.39, 0.29) is 12.5 Å². The summed E-state index contributed by atoms with van der Waals surface area (Å²) < 4.78 is 42.1. The highest BCUT2D eigenvalue weighted by Crippen LogP contribution is 2.37. The van der Waals surface area contributed by atoms with E-state index in [1.54, 1.807) is 0 Å². The monoisotopic (exact) mass is 226 g/mol. The fraction of sp³-hybridized carbons (Fsp3) is 1.00. The van der Waals surface area contributed by atoms with Crippen molar-refractivity contribution in [2.24, 2.45) is 11.8 Å². The molecule has 1 aliphatic carbocycles. The van der Waals surface area contributed by atoms with Crippen LogP contribution in [0.25, 0.3) is 0 Å². The van der Waals surface area contributed by atoms with Crippen molar-refractivity contribution in [2.75, 3.05) is 13.7 Å². The van der Waals surface area contributed by atoms with E-state index >= 15 is 0 Å². The Morgan fingerprint density at radius 2 is 1.80 bits per heavy atom. The number of aliphatic hydroxyl groups excluding tert-OH is 1. The normalized spacial score (nSPS) is 30.2. The molecule has 0 radical (unpaired) electrons. The first-order valence-electron chi connectivity index (χ1n) is 5.19. The second kappa shape index (κ2) is 5.16. The summed E-state index contributed by atoms with van der Waals surface area (Å²) in [5, 5.41) is 8.88. The summed E-state index contributed by atoms with van der Waals surface area (Å²) in [5.41, 5.74) is 0. The van der Waals surface area contributed by atoms with Crippen molar-refractivity contribution in [1.82, 2.24) is 0 Å². The predicted octanol–water partition coefficient (Wildman–Crippen LogP) is 2.36. The van der Waals surface area contributed by atoms with Gasteiger partial charge in [0.05, 0.1) is 0 Å². The van der Waals surface area contributed by atoms with Crippen molar-refractivity contribution in [3.63, 3.8) is 0 Å². The molecule has 0 amide bonds. The van der Waals surface area contributed by atoms with Crippen molar-refractivity contribution in [2.45, 2.75) is 38.0 Å². The number of alkyl halides is 3. The maximum Gasteiger partial charge on any atom is 0.414 e. The molecule has 0 heterocycles. The molecule has 15 heavy (non-hydrogen) atoms. The van der Waals surface area contributed by atoms with Crippen LogP contribution in [0.1, 0.15) is 25.7 Å². The Morgan fingerprint density at radius 1 is 1.27 bits per heavy atom. The molecule has 1 saturated carbocycles. The first kappa shape index (κ1) is 12.8. The van der Waals surface area contributed by atoms with Gasteiger partial charge in [-0.05, 0) is 37.5 Å². The molecular weight excluding hydrogens is 209 g/mol. The predicted molar refractivity (Wildman–Crippen MR) is 49.4 cm³/mol. The first-order valence-corrected chi connectivity index (χ1v) is 5.19. The molecule has 2 nitrogen and oxygen atoms in total. The van der Waals surface area contributed by atoms with Crippen molar-refractivity contribution in [3.8, 4) is 0 Å². The molecule has 1 unspecified atom stereocenters. The maximum atomic E-state index is 12.5. The summed E-state index contributed by atoms with van der Waals surface area (Å²) in [6, 6.07) is 0. The Kier molecular flexibility index (Phi) is 4.40. The maximum absolute atomic E-state index is 12.5. The molecule has 90 valence electrons. The van der Waals surface area contributed by atoms with Gasteiger partial charge in [-0.1, -0.05) is 0 Å². The fourth-order valence-electron chi connectivity index (χ4n) is 2.27. The average Bonchev–Trinajstić information content (AvgIpc) is 2.18. The van der Waals surface area contributed by atoms with Crippen molar-refractivity contribution >= 4 is 0 Å². The molecule has 0 aromatic rings. The summed E-state index contributed by atoms with van der Waals surface area (Å²) in [6.45, 7) is 0.0797. The van der Waals surface area contributed by atoms with Gasteiger partial charge >= 0.3 is 6.18 Å². The standard InChI is InChI=1S/C10H17F3O2/c1-15-9(10(11,12)13)8-4-2-7(6-14)3-5-8/h7-9,14H,2-6H2,1H3. The van der Waals surface area contributed by atoms with E-state index in [9.17, 15) is 13.2 Å². The minimum atomic E-state index is -4.27. The molecule has 1 N–H and O–H groups in total. The molecule has 1 aliphatic rings. The Morgan fingerprint density at radius 3 is 2.13 bits per heavy atom. The molecular formula is C10H17F3O2. The zero-order chi connectivity index (χ0) is 11.5. The molecule has 0 aromatic heterocycles. The lowest BCUT2D eigenvalue weighted by Crippen LogP contribution is -2.39. The van der Waals surface area contributed by atoms with E-state index in [0.717, 1.165) is 7.11 Å². The van der Waals surface area contributed by atoms with E-state index in [4.69, 9.17) is 5.11 Å². The lowest BCUT2D eigenvalue weighted by Gasteiger charge is -2.33. The van der Waals surface area contributed by atoms with Gasteiger partial charge in [0, 0.05) is 13.7 Å². The molecule has 0 aromatic carbocycles. The van der Waals surface area contributed by atoms with Gasteiger partial charge in [0.25, 0.3) is 0 Å². The van der Waals surface area contributed by atoms with Gasteiger partial charge in [-0.2, -0.15) is 13.2 Å². The van der Waals surface area contributed by atoms with Crippen LogP contribution in [0.2, 0.25) is 0 Å². The van der Waals surface area contributed by atoms with Crippen LogP contribution in [0, 0.1) is 11.8 Å². The average molecular weight is 226 g/mol. The van der Waals surface area contributed by atoms with Gasteiger partial charge < -0.3 is 9.84 Å². The van der Waals surface area contributed by atoms with Gasteiger partial charge in [0.2, 0.25) is 0 Å². The number of aliphatic hydroxyl groups is 1. The molecule has 5 heteroatoms. The molecule has 1 atom stereocenters. The highest BCUT2D eigenvalue weighted by molar-refractivity contribution is 4.82. The summed E-state index contributed by atoms with van der Waals surface area (Å²) in [7, 11) is 1.11. The Hall–Kier alpha value is -0.290. The molecule has 0 saturated heterocycles. The van der Waals surface area contributed by atoms with Gasteiger partial charge in [0.15, 0.2) is 6.10 Å². The Balaban J connectivity index is 2.50. The van der Waals surface area contributed by atoms with Crippen molar-refractivity contribution in [1.29, 1.82) is 0 Å². The summed E-state index contributed by atoms with van der Waals surface area (Å²) >= 11 is 0. The summed E-state index contributed by atoms with van der Waals surface area (Å²) in [5.74, 6) is -0.273. The van der Waals surface area contributed by atoms with E-state index in [2.05, 4.69) is 4.74 Å². The SMILES string of the molecule is COC(C1CCC(CO)CC1)C(F)(F)F. The number of hydrogen-bond acceptors (Lipinski definition) is 2. The number of rotatable bonds is 3. The molecule has 1 rings (SSSR count). The van der Waals surface area contributed by atoms with E-state index in [1.807, 2.05) is 0 Å². The van der Waals surface area contributed by atoms with Crippen molar-refractivity contribution in [3.05, 3.63) is 0 Å². The summed E-state index contributed by atoms with van der Waals surface area (Å²) in [6.07, 6.45) is -3.61. The number of halogens is 3. The topological polar surface area (TPSA) is 29.5 Å². The largest absolute Gasteiger partial charge is 0.414 e. The summed E-state index contributed by atoms with van der Waals surface area (Å²) in [4.78, 5) is 0. The number of methoxy groups -OCH3 is 1. The van der Waals surface area contributed by atoms with Crippen LogP contribution in [0.5, 0.6) is 0 Å². The lowest BCUT2D eigenvalue weighted by atomic mass is 9.79. The van der Waals surface area contributed by atoms with E-state index in [1.165, 1.54) is 0 Å². The van der Waals surface area contributed by atoms with Crippen LogP contribution in [0.4, 0.5) is 13.2 Å². The van der Waals surface area contributed by atoms with Crippen LogP contribution >= 0.6 is 0 Å². The van der Waals surface area contributed by atoms with Gasteiger partial charge in [-0.25, -0.2) is 0 Å². The molecule has 0 bridgehead atoms. The van der Waals surface area contributed by atoms with Crippen molar-refractivity contribution < 1.29 is 23.0 Å². The zero-order valence-corrected chi connectivity index (χ0v) is 8.76. The molecule has 1 fully saturated rings. The van der Waals surface area contributed by atoms with Crippen LogP contribution in [-0.4, -0.2) is 31.1 Å². The van der Waals surface area contributed by atoms with Crippen LogP contribution < -0.4 is 0 Å². The second-order valence-electron chi connectivity index (χ2n) is 4.16. The Labute approximate surface area is 87.4 Å². The number of hydrogen-bond donors (Lipinski definition) is 1. The number of ether oxygens (including phenoxy) is 1. The third-order valence-electron chi connectivity index (χ3n) is 3.15. The third kappa shape index (κ3) is 3.34. The van der Waals surface area contributed by atoms with E-state index in [0.29, 0.717) is 25.7 Å². The molecule has 0 aliphatic heterocycles. The third-order valence-corrected chi connectivity index (χ3v) is 3.15. The molecule has 0 spiro atoms. The smallest absolute Gasteiger partial charge is 0.396 e. The fourth-order valence-corrected chi connectivity index (χ4v) is 2.27. The Bertz CT molecular complexity index is 186. The van der Waals surface area contributed by atoms with Crippen LogP contribution in [-0.2, 0) is 4.74 Å². The van der Waals surface area contributed by atoms with Crippen LogP contribution in [0.15, 0.2) is 0 Å². The minimum absolute atomic E-state index is 0.0797. The van der Waals surface area contributed by atoms with Gasteiger partial charge in [-0.3, -0.25) is 0 Å². The highest BCUT2D eigenvalue weighted by Gasteiger charge is 2.45. The minimum Gasteiger partial charge on any atom is -0.396 e. The van der Waals surface area contributed by atoms with Crippen LogP contribution in [0.3, 0.4) is 0 Å². The quantitative estimate of drug-likeness (QED) is 0.800. The lowest BCUT2D eigenvalue weighted by molar-refractivity contribution is -0.232. The first-order chi connectivity index (χ1) is 6.99.